The van der Waals surface area contributed by atoms with Crippen LogP contribution in [0.2, 0.25) is 0 Å². The summed E-state index contributed by atoms with van der Waals surface area (Å²) in [5.41, 5.74) is 2.32. The van der Waals surface area contributed by atoms with E-state index in [1.807, 2.05) is 0 Å². The number of aliphatic hydroxyl groups excluding tert-OH is 1. The Hall–Kier alpha value is -0.300. The zero-order chi connectivity index (χ0) is 12.0. The van der Waals surface area contributed by atoms with Crippen molar-refractivity contribution in [2.24, 2.45) is 22.7 Å². The maximum Gasteiger partial charge on any atom is 0.0641 e. The van der Waals surface area contributed by atoms with E-state index in [1.54, 1.807) is 0 Å². The first-order chi connectivity index (χ1) is 7.45. The molecule has 0 bridgehead atoms. The van der Waals surface area contributed by atoms with E-state index in [0.29, 0.717) is 10.8 Å². The Labute approximate surface area is 99.9 Å². The Bertz CT molecular complexity index is 297. The van der Waals surface area contributed by atoms with Crippen molar-refractivity contribution in [1.29, 1.82) is 0 Å². The lowest BCUT2D eigenvalue weighted by Gasteiger charge is -2.35. The Balaban J connectivity index is 2.00. The van der Waals surface area contributed by atoms with E-state index in [1.165, 1.54) is 24.8 Å². The number of hydrogen-bond acceptors (Lipinski definition) is 1. The Morgan fingerprint density at radius 2 is 2.06 bits per heavy atom. The molecule has 0 aromatic heterocycles. The smallest absolute Gasteiger partial charge is 0.0641 e. The highest BCUT2D eigenvalue weighted by atomic mass is 16.3. The van der Waals surface area contributed by atoms with Crippen LogP contribution in [-0.4, -0.2) is 11.7 Å². The van der Waals surface area contributed by atoms with Crippen LogP contribution >= 0.6 is 0 Å². The zero-order valence-electron chi connectivity index (χ0n) is 11.2. The van der Waals surface area contributed by atoms with Crippen molar-refractivity contribution in [1.82, 2.24) is 0 Å². The molecule has 3 atom stereocenters. The fourth-order valence-electron chi connectivity index (χ4n) is 3.71. The second kappa shape index (κ2) is 3.87. The van der Waals surface area contributed by atoms with Gasteiger partial charge in [0, 0.05) is 0 Å². The van der Waals surface area contributed by atoms with Gasteiger partial charge in [-0.05, 0) is 53.9 Å². The van der Waals surface area contributed by atoms with Gasteiger partial charge in [0.05, 0.1) is 6.61 Å². The number of allylic oxidation sites excluding steroid dienone is 1. The van der Waals surface area contributed by atoms with Gasteiger partial charge in [-0.3, -0.25) is 0 Å². The predicted molar refractivity (Wildman–Crippen MR) is 68.2 cm³/mol. The predicted octanol–water partition coefficient (Wildman–Crippen LogP) is 3.78. The third-order valence-corrected chi connectivity index (χ3v) is 5.82. The molecule has 2 aliphatic carbocycles. The van der Waals surface area contributed by atoms with Crippen LogP contribution in [0.25, 0.3) is 0 Å². The van der Waals surface area contributed by atoms with Crippen LogP contribution in [0, 0.1) is 22.7 Å². The van der Waals surface area contributed by atoms with Gasteiger partial charge in [-0.2, -0.15) is 0 Å². The monoisotopic (exact) mass is 222 g/mol. The summed E-state index contributed by atoms with van der Waals surface area (Å²) in [6, 6.07) is 0. The third-order valence-electron chi connectivity index (χ3n) is 5.82. The molecule has 3 unspecified atom stereocenters. The van der Waals surface area contributed by atoms with Crippen LogP contribution < -0.4 is 0 Å². The molecular weight excluding hydrogens is 196 g/mol. The molecule has 0 aliphatic heterocycles. The summed E-state index contributed by atoms with van der Waals surface area (Å²) in [5.74, 6) is 1.81. The standard InChI is InChI=1S/C15H26O/c1-5-11(10-16)6-7-12-8-13-9-15(13,4)14(12,2)3/h6,12-13,16H,5,7-10H2,1-4H3/b11-6+. The Morgan fingerprint density at radius 3 is 2.50 bits per heavy atom. The summed E-state index contributed by atoms with van der Waals surface area (Å²) in [4.78, 5) is 0. The fraction of sp³-hybridized carbons (Fsp3) is 0.867. The van der Waals surface area contributed by atoms with Crippen molar-refractivity contribution >= 4 is 0 Å². The van der Waals surface area contributed by atoms with Crippen molar-refractivity contribution in [3.05, 3.63) is 11.6 Å². The van der Waals surface area contributed by atoms with E-state index in [2.05, 4.69) is 33.8 Å². The second-order valence-electron chi connectivity index (χ2n) is 6.58. The minimum absolute atomic E-state index is 0.240. The third kappa shape index (κ3) is 1.64. The minimum Gasteiger partial charge on any atom is -0.392 e. The topological polar surface area (TPSA) is 20.2 Å². The molecule has 2 saturated carbocycles. The van der Waals surface area contributed by atoms with E-state index < -0.39 is 0 Å². The van der Waals surface area contributed by atoms with Crippen LogP contribution in [-0.2, 0) is 0 Å². The number of rotatable bonds is 4. The van der Waals surface area contributed by atoms with Crippen molar-refractivity contribution in [3.8, 4) is 0 Å². The molecular formula is C15H26O. The van der Waals surface area contributed by atoms with Crippen molar-refractivity contribution in [2.45, 2.75) is 53.4 Å². The molecule has 2 aliphatic rings. The lowest BCUT2D eigenvalue weighted by Crippen LogP contribution is -2.27. The number of aliphatic hydroxyl groups is 1. The molecule has 0 saturated heterocycles. The molecule has 0 aromatic rings. The minimum atomic E-state index is 0.240. The van der Waals surface area contributed by atoms with Crippen molar-refractivity contribution in [3.63, 3.8) is 0 Å². The summed E-state index contributed by atoms with van der Waals surface area (Å²) in [5, 5.41) is 9.17. The molecule has 0 spiro atoms. The van der Waals surface area contributed by atoms with Gasteiger partial charge in [0.2, 0.25) is 0 Å². The largest absolute Gasteiger partial charge is 0.392 e. The van der Waals surface area contributed by atoms with Gasteiger partial charge in [0.25, 0.3) is 0 Å². The maximum absolute atomic E-state index is 9.17. The van der Waals surface area contributed by atoms with Gasteiger partial charge in [-0.15, -0.1) is 0 Å². The molecule has 1 N–H and O–H groups in total. The van der Waals surface area contributed by atoms with Gasteiger partial charge in [-0.25, -0.2) is 0 Å². The average Bonchev–Trinajstić information content (AvgIpc) is 2.86. The van der Waals surface area contributed by atoms with Crippen LogP contribution in [0.1, 0.15) is 53.4 Å². The normalized spacial score (nSPS) is 40.9. The fourth-order valence-corrected chi connectivity index (χ4v) is 3.71. The van der Waals surface area contributed by atoms with E-state index in [0.717, 1.165) is 18.3 Å². The Kier molecular flexibility index (Phi) is 2.94. The first-order valence-corrected chi connectivity index (χ1v) is 6.74. The van der Waals surface area contributed by atoms with E-state index in [9.17, 15) is 5.11 Å². The molecule has 0 aromatic carbocycles. The van der Waals surface area contributed by atoms with E-state index >= 15 is 0 Å². The molecule has 2 rings (SSSR count). The molecule has 16 heavy (non-hydrogen) atoms. The summed E-state index contributed by atoms with van der Waals surface area (Å²) in [7, 11) is 0. The highest BCUT2D eigenvalue weighted by molar-refractivity contribution is 5.17. The van der Waals surface area contributed by atoms with E-state index in [4.69, 9.17) is 0 Å². The molecule has 92 valence electrons. The van der Waals surface area contributed by atoms with Crippen molar-refractivity contribution < 1.29 is 5.11 Å². The number of hydrogen-bond donors (Lipinski definition) is 1. The molecule has 0 amide bonds. The van der Waals surface area contributed by atoms with Crippen LogP contribution in [0.4, 0.5) is 0 Å². The Morgan fingerprint density at radius 1 is 1.38 bits per heavy atom. The first-order valence-electron chi connectivity index (χ1n) is 6.74. The molecule has 0 radical (unpaired) electrons. The first kappa shape index (κ1) is 12.2. The van der Waals surface area contributed by atoms with Gasteiger partial charge in [-0.1, -0.05) is 33.8 Å². The molecule has 0 heterocycles. The second-order valence-corrected chi connectivity index (χ2v) is 6.58. The van der Waals surface area contributed by atoms with Crippen LogP contribution in [0.3, 0.4) is 0 Å². The lowest BCUT2D eigenvalue weighted by molar-refractivity contribution is 0.150. The van der Waals surface area contributed by atoms with Gasteiger partial charge in [0.15, 0.2) is 0 Å². The van der Waals surface area contributed by atoms with Gasteiger partial charge < -0.3 is 5.11 Å². The highest BCUT2D eigenvalue weighted by Gasteiger charge is 2.66. The van der Waals surface area contributed by atoms with Gasteiger partial charge in [0.1, 0.15) is 0 Å². The summed E-state index contributed by atoms with van der Waals surface area (Å²) in [6.45, 7) is 9.73. The SMILES string of the molecule is CC/C(=C\CC1CC2CC2(C)C1(C)C)CO. The summed E-state index contributed by atoms with van der Waals surface area (Å²) < 4.78 is 0. The maximum atomic E-state index is 9.17. The summed E-state index contributed by atoms with van der Waals surface area (Å²) in [6.07, 6.45) is 7.30. The molecule has 1 heteroatoms. The molecule has 1 nitrogen and oxygen atoms in total. The van der Waals surface area contributed by atoms with Crippen LogP contribution in [0.15, 0.2) is 11.6 Å². The average molecular weight is 222 g/mol. The number of fused-ring (bicyclic) bond motifs is 1. The molecule has 2 fully saturated rings. The van der Waals surface area contributed by atoms with Crippen LogP contribution in [0.5, 0.6) is 0 Å². The summed E-state index contributed by atoms with van der Waals surface area (Å²) >= 11 is 0. The van der Waals surface area contributed by atoms with Gasteiger partial charge >= 0.3 is 0 Å². The lowest BCUT2D eigenvalue weighted by atomic mass is 9.70. The highest BCUT2D eigenvalue weighted by Crippen LogP contribution is 2.74. The van der Waals surface area contributed by atoms with Crippen molar-refractivity contribution in [2.75, 3.05) is 6.61 Å². The zero-order valence-corrected chi connectivity index (χ0v) is 11.2. The van der Waals surface area contributed by atoms with E-state index in [-0.39, 0.29) is 6.61 Å². The quantitative estimate of drug-likeness (QED) is 0.718.